The largest absolute Gasteiger partial charge is 0.459 e. The molecule has 0 aliphatic heterocycles. The van der Waals surface area contributed by atoms with Gasteiger partial charge in [-0.3, -0.25) is 15.0 Å². The molecule has 0 saturated carbocycles. The van der Waals surface area contributed by atoms with E-state index in [9.17, 15) is 64.3 Å². The Kier molecular flexibility index (Phi) is 40.7. The number of hydrogen-bond acceptors (Lipinski definition) is 12. The first-order valence-electron chi connectivity index (χ1n) is 37.1. The van der Waals surface area contributed by atoms with Crippen LogP contribution in [0.1, 0.15) is 88.5 Å². The Morgan fingerprint density at radius 3 is 0.746 bits per heavy atom. The maximum Gasteiger partial charge on any atom is 0.459 e. The number of aliphatic hydroxyl groups is 6. The zero-order valence-electron chi connectivity index (χ0n) is 66.4. The van der Waals surface area contributed by atoms with Crippen molar-refractivity contribution in [2.45, 2.75) is 149 Å². The van der Waals surface area contributed by atoms with E-state index in [0.29, 0.717) is 6.42 Å². The molecule has 118 heavy (non-hydrogen) atoms. The Labute approximate surface area is 724 Å². The van der Waals surface area contributed by atoms with E-state index in [1.807, 2.05) is 265 Å². The van der Waals surface area contributed by atoms with Crippen molar-refractivity contribution in [3.05, 3.63) is 292 Å². The number of alkyl halides is 10. The zero-order valence-corrected chi connectivity index (χ0v) is 73.6. The molecule has 0 fully saturated rings. The molecule has 12 rings (SSSR count). The van der Waals surface area contributed by atoms with Gasteiger partial charge in [-0.15, -0.1) is 108 Å². The van der Waals surface area contributed by atoms with Gasteiger partial charge in [-0.2, -0.15) is 43.9 Å². The van der Waals surface area contributed by atoms with Crippen LogP contribution in [0.5, 0.6) is 0 Å². The number of rotatable bonds is 19. The molecule has 6 unspecified atom stereocenters. The molecule has 633 valence electrons. The summed E-state index contributed by atoms with van der Waals surface area (Å²) in [6.07, 6.45) is -16.5. The van der Waals surface area contributed by atoms with E-state index in [0.717, 1.165) is 101 Å². The summed E-state index contributed by atoms with van der Waals surface area (Å²) in [5.41, 5.74) is 15.3. The summed E-state index contributed by atoms with van der Waals surface area (Å²) in [5.74, 6) is -11.6. The van der Waals surface area contributed by atoms with Gasteiger partial charge in [-0.05, 0) is 45.8 Å². The number of aromatic nitrogens is 6. The van der Waals surface area contributed by atoms with E-state index < -0.39 is 72.3 Å². The van der Waals surface area contributed by atoms with Crippen molar-refractivity contribution in [3.8, 4) is 101 Å². The molecule has 12 nitrogen and oxygen atoms in total. The van der Waals surface area contributed by atoms with Gasteiger partial charge in [-0.25, -0.2) is 0 Å². The summed E-state index contributed by atoms with van der Waals surface area (Å²) >= 11 is 0. The molecule has 0 aliphatic rings. The Hall–Kier alpha value is -8.77. The molecule has 0 amide bonds. The van der Waals surface area contributed by atoms with Crippen LogP contribution >= 0.6 is 0 Å². The number of aliphatic hydroxyl groups excluding tert-OH is 6. The van der Waals surface area contributed by atoms with Crippen molar-refractivity contribution < 1.29 is 135 Å². The van der Waals surface area contributed by atoms with Crippen molar-refractivity contribution in [2.75, 3.05) is 0 Å². The first kappa shape index (κ1) is 102. The van der Waals surface area contributed by atoms with Crippen LogP contribution in [-0.4, -0.2) is 121 Å². The average Bonchev–Trinajstić information content (AvgIpc) is 0.756. The summed E-state index contributed by atoms with van der Waals surface area (Å²) in [4.78, 5) is 28.8. The zero-order chi connectivity index (χ0) is 84.3. The minimum Gasteiger partial charge on any atom is -0.393 e. The normalized spacial score (nSPS) is 13.0. The van der Waals surface area contributed by atoms with Crippen molar-refractivity contribution in [1.29, 1.82) is 0 Å². The summed E-state index contributed by atoms with van der Waals surface area (Å²) in [6, 6.07) is 94.2. The fraction of sp³-hybridized carbons (Fsp3) is 0.290. The Balaban J connectivity index is 0.000000303. The molecule has 12 aromatic rings. The molecule has 6 N–H and O–H groups in total. The number of halogens is 10. The van der Waals surface area contributed by atoms with Crippen LogP contribution in [0, 0.1) is 40.9 Å². The van der Waals surface area contributed by atoms with Crippen LogP contribution in [0.3, 0.4) is 0 Å². The topological polar surface area (TPSA) is 199 Å². The Morgan fingerprint density at radius 2 is 0.534 bits per heavy atom. The number of nitrogens with zero attached hydrogens (tertiary/aromatic N) is 6. The van der Waals surface area contributed by atoms with E-state index in [2.05, 4.69) is 54.6 Å². The van der Waals surface area contributed by atoms with Crippen molar-refractivity contribution >= 4 is 0 Å². The van der Waals surface area contributed by atoms with Crippen LogP contribution in [0.25, 0.3) is 101 Å². The van der Waals surface area contributed by atoms with Crippen LogP contribution in [0.2, 0.25) is 0 Å². The second kappa shape index (κ2) is 47.3. The maximum absolute atomic E-state index is 13.0. The fourth-order valence-electron chi connectivity index (χ4n) is 10.6. The van der Waals surface area contributed by atoms with Gasteiger partial charge in [0.05, 0.1) is 58.6 Å². The van der Waals surface area contributed by atoms with Gasteiger partial charge in [0.2, 0.25) is 0 Å². The molecule has 6 atom stereocenters. The molecule has 0 saturated heterocycles. The molecule has 25 heteroatoms. The van der Waals surface area contributed by atoms with Crippen molar-refractivity contribution in [3.63, 3.8) is 0 Å². The third-order valence-corrected chi connectivity index (χ3v) is 18.0. The summed E-state index contributed by atoms with van der Waals surface area (Å²) < 4.78 is 122. The van der Waals surface area contributed by atoms with Crippen LogP contribution in [0.15, 0.2) is 273 Å². The SMILES string of the molecule is CC(C)(C)C(O)CC(O)C(F)(F)C(F)(F)C(F)(F)F.CC(C)(C)C(O)CC(O)C(F)(F)F.CC(C)C(O)CC(O)C(C)C.[Ir].[Ir].[Ir].[c-]1ccccc1-c1ncc(-c2ccccc2)nc1-c1ccccc1.[c-]1ccccc1-c1ncc(-c2ccccc2)nc1-c1ccccc1.[c-]1ccccc1-c1ncc(-c2ccccc2)nc1-c1ccccc1. The third-order valence-electron chi connectivity index (χ3n) is 18.0. The van der Waals surface area contributed by atoms with Crippen LogP contribution < -0.4 is 0 Å². The second-order valence-electron chi connectivity index (χ2n) is 29.7. The molecular formula is C93H95F10Ir3N6O6-3. The molecule has 0 spiro atoms. The Bertz CT molecular complexity index is 4410. The summed E-state index contributed by atoms with van der Waals surface area (Å²) in [6.45, 7) is 16.7. The van der Waals surface area contributed by atoms with Gasteiger partial charge >= 0.3 is 24.2 Å². The maximum atomic E-state index is 13.0. The predicted molar refractivity (Wildman–Crippen MR) is 432 cm³/mol. The van der Waals surface area contributed by atoms with E-state index in [4.69, 9.17) is 40.1 Å². The minimum absolute atomic E-state index is 0. The first-order valence-corrected chi connectivity index (χ1v) is 37.1. The van der Waals surface area contributed by atoms with E-state index >= 15 is 0 Å². The van der Waals surface area contributed by atoms with Crippen LogP contribution in [0.4, 0.5) is 43.9 Å². The van der Waals surface area contributed by atoms with Gasteiger partial charge in [0.15, 0.2) is 6.10 Å². The molecule has 0 bridgehead atoms. The molecular weight excluding hydrogens is 2060 g/mol. The first-order chi connectivity index (χ1) is 54.3. The smallest absolute Gasteiger partial charge is 0.393 e. The standard InChI is InChI=1S/3C22H15N2.C10H15F7O2.C9H20O2.C8H15F3O2.3Ir/c3*1-4-10-17(11-5-1)20-16-23-21(18-12-6-2-7-13-18)22(24-20)19-14-8-3-9-15-19;1-7(2,3)5(18)4-6(19)8(11,12)9(13,14)10(15,16)17;1-6(2)8(10)5-9(11)7(3)4;1-7(2,3)5(12)4-6(13)8(9,10)11;;;/h3*1-12,14-16H;5-6,18-19H,4H2,1-3H3;6-11H,5H2,1-4H3;5-6,12-13H,4H2,1-3H3;;;/q3*-1;;;;;;. The third kappa shape index (κ3) is 30.2. The Morgan fingerprint density at radius 1 is 0.297 bits per heavy atom. The van der Waals surface area contributed by atoms with Gasteiger partial charge < -0.3 is 45.6 Å². The number of benzene rings is 9. The average molecular weight is 2160 g/mol. The van der Waals surface area contributed by atoms with Crippen LogP contribution in [-0.2, 0) is 60.3 Å². The quantitative estimate of drug-likeness (QED) is 0.0331. The summed E-state index contributed by atoms with van der Waals surface area (Å²) in [7, 11) is 0. The molecule has 0 aliphatic carbocycles. The minimum atomic E-state index is -6.50. The van der Waals surface area contributed by atoms with E-state index in [-0.39, 0.29) is 84.4 Å². The fourth-order valence-corrected chi connectivity index (χ4v) is 10.6. The van der Waals surface area contributed by atoms with E-state index in [1.54, 1.807) is 20.8 Å². The summed E-state index contributed by atoms with van der Waals surface area (Å²) in [5, 5.41) is 55.0. The molecule has 9 aromatic carbocycles. The van der Waals surface area contributed by atoms with Gasteiger partial charge in [-0.1, -0.05) is 251 Å². The molecule has 3 heterocycles. The van der Waals surface area contributed by atoms with Crippen molar-refractivity contribution in [2.24, 2.45) is 22.7 Å². The van der Waals surface area contributed by atoms with Gasteiger partial charge in [0, 0.05) is 126 Å². The van der Waals surface area contributed by atoms with E-state index in [1.165, 1.54) is 20.8 Å². The number of hydrogen-bond donors (Lipinski definition) is 6. The van der Waals surface area contributed by atoms with Crippen molar-refractivity contribution in [1.82, 2.24) is 29.9 Å². The van der Waals surface area contributed by atoms with Gasteiger partial charge in [0.25, 0.3) is 0 Å². The van der Waals surface area contributed by atoms with Gasteiger partial charge in [0.1, 0.15) is 6.10 Å². The predicted octanol–water partition coefficient (Wildman–Crippen LogP) is 21.9. The molecule has 3 aromatic heterocycles. The molecule has 3 radical (unpaired) electrons. The monoisotopic (exact) mass is 2160 g/mol. The second-order valence-corrected chi connectivity index (χ2v) is 29.7.